The fraction of sp³-hybridized carbons (Fsp3) is 0.261. The van der Waals surface area contributed by atoms with Gasteiger partial charge in [0, 0.05) is 12.6 Å². The summed E-state index contributed by atoms with van der Waals surface area (Å²) in [5, 5.41) is 17.8. The zero-order valence-corrected chi connectivity index (χ0v) is 20.5. The van der Waals surface area contributed by atoms with Crippen molar-refractivity contribution in [3.05, 3.63) is 52.1 Å². The average Bonchev–Trinajstić information content (AvgIpc) is 3.52. The summed E-state index contributed by atoms with van der Waals surface area (Å²) in [4.78, 5) is 12.8. The van der Waals surface area contributed by atoms with Crippen LogP contribution in [0.3, 0.4) is 0 Å². The van der Waals surface area contributed by atoms with E-state index >= 15 is 0 Å². The van der Waals surface area contributed by atoms with Crippen molar-refractivity contribution in [1.29, 1.82) is 0 Å². The molecule has 0 saturated carbocycles. The van der Waals surface area contributed by atoms with Crippen molar-refractivity contribution in [2.24, 2.45) is 7.05 Å². The fourth-order valence-corrected chi connectivity index (χ4v) is 4.54. The highest BCUT2D eigenvalue weighted by molar-refractivity contribution is 7.98. The fourth-order valence-electron chi connectivity index (χ4n) is 3.87. The summed E-state index contributed by atoms with van der Waals surface area (Å²) < 4.78 is 25.4. The minimum atomic E-state index is -0.116. The highest BCUT2D eigenvalue weighted by atomic mass is 32.2. The van der Waals surface area contributed by atoms with Crippen molar-refractivity contribution in [3.8, 4) is 28.7 Å². The highest BCUT2D eigenvalue weighted by Crippen LogP contribution is 2.41. The molecule has 12 heteroatoms. The molecule has 5 aromatic rings. The minimum Gasteiger partial charge on any atom is -0.493 e. The summed E-state index contributed by atoms with van der Waals surface area (Å²) in [6.45, 7) is 1.95. The molecular weight excluding hydrogens is 472 g/mol. The van der Waals surface area contributed by atoms with E-state index in [0.717, 1.165) is 11.1 Å². The Morgan fingerprint density at radius 3 is 2.40 bits per heavy atom. The Morgan fingerprint density at radius 1 is 0.971 bits per heavy atom. The molecule has 35 heavy (non-hydrogen) atoms. The third-order valence-electron chi connectivity index (χ3n) is 5.58. The van der Waals surface area contributed by atoms with E-state index in [1.54, 1.807) is 33.4 Å². The molecule has 3 aromatic heterocycles. The quantitative estimate of drug-likeness (QED) is 0.312. The second-order valence-electron chi connectivity index (χ2n) is 7.71. The maximum atomic E-state index is 12.8. The van der Waals surface area contributed by atoms with Crippen LogP contribution >= 0.6 is 11.8 Å². The van der Waals surface area contributed by atoms with Crippen molar-refractivity contribution < 1.29 is 18.6 Å². The summed E-state index contributed by atoms with van der Waals surface area (Å²) in [5.74, 6) is 3.27. The van der Waals surface area contributed by atoms with Crippen molar-refractivity contribution in [3.63, 3.8) is 0 Å². The van der Waals surface area contributed by atoms with E-state index in [1.165, 1.54) is 23.4 Å². The molecule has 0 aliphatic carbocycles. The molecule has 11 nitrogen and oxygen atoms in total. The van der Waals surface area contributed by atoms with Crippen molar-refractivity contribution in [2.45, 2.75) is 17.9 Å². The number of benzene rings is 2. The van der Waals surface area contributed by atoms with E-state index in [1.807, 2.05) is 29.5 Å². The largest absolute Gasteiger partial charge is 0.493 e. The maximum Gasteiger partial charge on any atom is 0.277 e. The van der Waals surface area contributed by atoms with Crippen LogP contribution in [0.4, 0.5) is 0 Å². The van der Waals surface area contributed by atoms with Crippen LogP contribution in [-0.2, 0) is 12.8 Å². The predicted molar refractivity (Wildman–Crippen MR) is 129 cm³/mol. The number of methoxy groups -OCH3 is 3. The van der Waals surface area contributed by atoms with Crippen LogP contribution < -0.4 is 19.8 Å². The number of ether oxygens (including phenoxy) is 3. The SMILES string of the molecule is COc1cc(-c2nnc(SCc3nnc4n(C)c(=O)c5cc(C)ccc5n34)o2)cc(OC)c1OC. The summed E-state index contributed by atoms with van der Waals surface area (Å²) in [6, 6.07) is 9.22. The van der Waals surface area contributed by atoms with Crippen LogP contribution in [-0.4, -0.2) is 50.7 Å². The van der Waals surface area contributed by atoms with Gasteiger partial charge < -0.3 is 18.6 Å². The molecule has 0 aliphatic heterocycles. The van der Waals surface area contributed by atoms with E-state index in [4.69, 9.17) is 18.6 Å². The van der Waals surface area contributed by atoms with E-state index in [9.17, 15) is 4.79 Å². The normalized spacial score (nSPS) is 11.3. The third kappa shape index (κ3) is 3.85. The Hall–Kier alpha value is -4.06. The Balaban J connectivity index is 1.46. The van der Waals surface area contributed by atoms with E-state index in [-0.39, 0.29) is 5.56 Å². The van der Waals surface area contributed by atoms with Gasteiger partial charge in [-0.25, -0.2) is 0 Å². The third-order valence-corrected chi connectivity index (χ3v) is 6.40. The van der Waals surface area contributed by atoms with Gasteiger partial charge in [-0.3, -0.25) is 13.8 Å². The molecule has 0 N–H and O–H groups in total. The summed E-state index contributed by atoms with van der Waals surface area (Å²) in [5.41, 5.74) is 2.26. The zero-order valence-electron chi connectivity index (χ0n) is 19.7. The lowest BCUT2D eigenvalue weighted by molar-refractivity contribution is 0.324. The topological polar surface area (TPSA) is 119 Å². The smallest absolute Gasteiger partial charge is 0.277 e. The highest BCUT2D eigenvalue weighted by Gasteiger charge is 2.19. The molecule has 5 rings (SSSR count). The molecular formula is C23H22N6O5S. The molecule has 0 unspecified atom stereocenters. The first kappa shape index (κ1) is 22.7. The van der Waals surface area contributed by atoms with Crippen LogP contribution in [0.2, 0.25) is 0 Å². The van der Waals surface area contributed by atoms with Crippen molar-refractivity contribution in [1.82, 2.24) is 29.4 Å². The van der Waals surface area contributed by atoms with Crippen LogP contribution in [0.25, 0.3) is 28.1 Å². The van der Waals surface area contributed by atoms with Gasteiger partial charge in [0.05, 0.1) is 38.0 Å². The second kappa shape index (κ2) is 8.95. The van der Waals surface area contributed by atoms with Crippen LogP contribution in [0.1, 0.15) is 11.4 Å². The first-order valence-corrected chi connectivity index (χ1v) is 11.5. The molecule has 0 radical (unpaired) electrons. The monoisotopic (exact) mass is 494 g/mol. The molecule has 0 fully saturated rings. The molecule has 2 aromatic carbocycles. The van der Waals surface area contributed by atoms with Crippen molar-refractivity contribution in [2.75, 3.05) is 21.3 Å². The number of nitrogens with zero attached hydrogens (tertiary/aromatic N) is 6. The lowest BCUT2D eigenvalue weighted by Gasteiger charge is -2.12. The van der Waals surface area contributed by atoms with Gasteiger partial charge >= 0.3 is 0 Å². The number of hydrogen-bond acceptors (Lipinski definition) is 10. The van der Waals surface area contributed by atoms with E-state index in [2.05, 4.69) is 20.4 Å². The van der Waals surface area contributed by atoms with Crippen molar-refractivity contribution >= 4 is 28.4 Å². The number of rotatable bonds is 7. The Labute approximate surface area is 203 Å². The average molecular weight is 495 g/mol. The van der Waals surface area contributed by atoms with Gasteiger partial charge in [0.15, 0.2) is 11.5 Å². The van der Waals surface area contributed by atoms with Crippen LogP contribution in [0.15, 0.2) is 44.8 Å². The zero-order chi connectivity index (χ0) is 24.7. The molecule has 0 saturated heterocycles. The lowest BCUT2D eigenvalue weighted by atomic mass is 10.1. The molecule has 180 valence electrons. The first-order chi connectivity index (χ1) is 16.9. The molecule has 0 bridgehead atoms. The molecule has 0 amide bonds. The van der Waals surface area contributed by atoms with Gasteiger partial charge in [0.2, 0.25) is 17.4 Å². The Bertz CT molecular complexity index is 1600. The predicted octanol–water partition coefficient (Wildman–Crippen LogP) is 3.26. The standard InChI is InChI=1S/C23H22N6O5S/c1-12-6-7-15-14(8-12)21(30)28(2)22-26-24-18(29(15)22)11-35-23-27-25-20(34-23)13-9-16(31-3)19(33-5)17(10-13)32-4/h6-10H,11H2,1-5H3. The first-order valence-electron chi connectivity index (χ1n) is 10.5. The van der Waals surface area contributed by atoms with Crippen LogP contribution in [0, 0.1) is 6.92 Å². The van der Waals surface area contributed by atoms with Gasteiger partial charge in [-0.15, -0.1) is 20.4 Å². The molecule has 0 atom stereocenters. The maximum absolute atomic E-state index is 12.8. The number of fused-ring (bicyclic) bond motifs is 3. The molecule has 3 heterocycles. The Kier molecular flexibility index (Phi) is 5.81. The number of aromatic nitrogens is 6. The molecule has 0 aliphatic rings. The number of aryl methyl sites for hydroxylation is 2. The lowest BCUT2D eigenvalue weighted by Crippen LogP contribution is -2.20. The van der Waals surface area contributed by atoms with E-state index < -0.39 is 0 Å². The van der Waals surface area contributed by atoms with Gasteiger partial charge in [-0.1, -0.05) is 23.4 Å². The minimum absolute atomic E-state index is 0.116. The van der Waals surface area contributed by atoms with Gasteiger partial charge in [0.25, 0.3) is 10.8 Å². The van der Waals surface area contributed by atoms with Gasteiger partial charge in [-0.05, 0) is 31.2 Å². The molecule has 0 spiro atoms. The van der Waals surface area contributed by atoms with Gasteiger partial charge in [-0.2, -0.15) is 0 Å². The van der Waals surface area contributed by atoms with E-state index in [0.29, 0.717) is 56.7 Å². The van der Waals surface area contributed by atoms with Gasteiger partial charge in [0.1, 0.15) is 5.82 Å². The summed E-state index contributed by atoms with van der Waals surface area (Å²) in [6.07, 6.45) is 0. The van der Waals surface area contributed by atoms with Crippen LogP contribution in [0.5, 0.6) is 17.2 Å². The Morgan fingerprint density at radius 2 is 1.71 bits per heavy atom. The summed E-state index contributed by atoms with van der Waals surface area (Å²) in [7, 11) is 6.31. The number of hydrogen-bond donors (Lipinski definition) is 0. The summed E-state index contributed by atoms with van der Waals surface area (Å²) >= 11 is 1.32. The second-order valence-corrected chi connectivity index (χ2v) is 8.64. The number of thioether (sulfide) groups is 1.